The Morgan fingerprint density at radius 3 is 3.25 bits per heavy atom. The van der Waals surface area contributed by atoms with E-state index in [0.717, 1.165) is 16.0 Å². The smallest absolute Gasteiger partial charge is 0.214 e. The molecule has 1 radical (unpaired) electrons. The summed E-state index contributed by atoms with van der Waals surface area (Å²) in [6.07, 6.45) is 2.87. The number of rotatable bonds is 0. The molecule has 0 bridgehead atoms. The topological polar surface area (TPSA) is 30.2 Å². The van der Waals surface area contributed by atoms with Gasteiger partial charge in [-0.05, 0) is 12.1 Å². The van der Waals surface area contributed by atoms with Gasteiger partial charge < -0.3 is 0 Å². The SMILES string of the molecule is [c]1nsc2nc3ccccc3n12. The Morgan fingerprint density at radius 1 is 1.33 bits per heavy atom. The van der Waals surface area contributed by atoms with Crippen LogP contribution in [0.1, 0.15) is 0 Å². The zero-order chi connectivity index (χ0) is 7.97. The maximum atomic E-state index is 4.36. The normalized spacial score (nSPS) is 11.3. The molecule has 3 aromatic rings. The molecular formula is C8H4N3S. The molecule has 0 aliphatic heterocycles. The van der Waals surface area contributed by atoms with Gasteiger partial charge in [0.05, 0.1) is 11.0 Å². The lowest BCUT2D eigenvalue weighted by Crippen LogP contribution is -1.75. The summed E-state index contributed by atoms with van der Waals surface area (Å²) in [5, 5.41) is 0. The molecule has 0 saturated heterocycles. The number of hydrogen-bond acceptors (Lipinski definition) is 3. The molecule has 0 N–H and O–H groups in total. The quantitative estimate of drug-likeness (QED) is 0.519. The Bertz CT molecular complexity index is 536. The van der Waals surface area contributed by atoms with Crippen LogP contribution < -0.4 is 0 Å². The van der Waals surface area contributed by atoms with Crippen LogP contribution in [0.3, 0.4) is 0 Å². The van der Waals surface area contributed by atoms with Crippen LogP contribution >= 0.6 is 11.5 Å². The third kappa shape index (κ3) is 0.648. The van der Waals surface area contributed by atoms with Gasteiger partial charge >= 0.3 is 0 Å². The van der Waals surface area contributed by atoms with Gasteiger partial charge in [-0.25, -0.2) is 4.98 Å². The van der Waals surface area contributed by atoms with E-state index in [-0.39, 0.29) is 0 Å². The maximum absolute atomic E-state index is 4.36. The van der Waals surface area contributed by atoms with Crippen LogP contribution in [0, 0.1) is 6.33 Å². The molecule has 0 fully saturated rings. The second-order valence-electron chi connectivity index (χ2n) is 2.50. The molecule has 12 heavy (non-hydrogen) atoms. The predicted octanol–water partition coefficient (Wildman–Crippen LogP) is 1.74. The van der Waals surface area contributed by atoms with Crippen LogP contribution in [0.25, 0.3) is 16.0 Å². The zero-order valence-corrected chi connectivity index (χ0v) is 6.88. The molecule has 1 aromatic carbocycles. The highest BCUT2D eigenvalue weighted by atomic mass is 32.1. The fraction of sp³-hybridized carbons (Fsp3) is 0. The van der Waals surface area contributed by atoms with Crippen molar-refractivity contribution < 1.29 is 0 Å². The molecule has 57 valence electrons. The van der Waals surface area contributed by atoms with E-state index >= 15 is 0 Å². The first-order valence-corrected chi connectivity index (χ1v) is 4.33. The van der Waals surface area contributed by atoms with Crippen LogP contribution in [0.15, 0.2) is 24.3 Å². The van der Waals surface area contributed by atoms with E-state index in [1.165, 1.54) is 11.5 Å². The van der Waals surface area contributed by atoms with Crippen molar-refractivity contribution in [3.63, 3.8) is 0 Å². The third-order valence-corrected chi connectivity index (χ3v) is 2.41. The van der Waals surface area contributed by atoms with Crippen molar-refractivity contribution >= 4 is 27.5 Å². The first kappa shape index (κ1) is 6.14. The average molecular weight is 174 g/mol. The first-order valence-electron chi connectivity index (χ1n) is 3.56. The lowest BCUT2D eigenvalue weighted by Gasteiger charge is -1.84. The van der Waals surface area contributed by atoms with E-state index in [4.69, 9.17) is 0 Å². The Morgan fingerprint density at radius 2 is 2.25 bits per heavy atom. The number of benzene rings is 1. The van der Waals surface area contributed by atoms with Crippen LogP contribution in [-0.2, 0) is 0 Å². The van der Waals surface area contributed by atoms with E-state index in [1.54, 1.807) is 0 Å². The summed E-state index contributed by atoms with van der Waals surface area (Å²) in [4.78, 5) is 5.26. The highest BCUT2D eigenvalue weighted by Gasteiger charge is 2.03. The Balaban J connectivity index is 2.68. The summed E-state index contributed by atoms with van der Waals surface area (Å²) in [6, 6.07) is 7.97. The van der Waals surface area contributed by atoms with E-state index in [1.807, 2.05) is 28.7 Å². The molecular weight excluding hydrogens is 170 g/mol. The minimum absolute atomic E-state index is 0.899. The van der Waals surface area contributed by atoms with Crippen molar-refractivity contribution in [2.24, 2.45) is 0 Å². The number of imidazole rings is 1. The summed E-state index contributed by atoms with van der Waals surface area (Å²) < 4.78 is 5.80. The van der Waals surface area contributed by atoms with E-state index in [0.29, 0.717) is 0 Å². The molecule has 0 spiro atoms. The molecule has 4 heteroatoms. The fourth-order valence-electron chi connectivity index (χ4n) is 1.26. The van der Waals surface area contributed by atoms with Crippen LogP contribution in [0.4, 0.5) is 0 Å². The van der Waals surface area contributed by atoms with Gasteiger partial charge in [0.25, 0.3) is 0 Å². The number of nitrogens with zero attached hydrogens (tertiary/aromatic N) is 3. The number of fused-ring (bicyclic) bond motifs is 3. The van der Waals surface area contributed by atoms with Gasteiger partial charge in [-0.15, -0.1) is 0 Å². The number of aromatic nitrogens is 3. The minimum Gasteiger partial charge on any atom is -0.263 e. The molecule has 0 unspecified atom stereocenters. The summed E-state index contributed by atoms with van der Waals surface area (Å²) >= 11 is 1.36. The summed E-state index contributed by atoms with van der Waals surface area (Å²) in [6.45, 7) is 0. The van der Waals surface area contributed by atoms with Gasteiger partial charge in [-0.3, -0.25) is 4.40 Å². The average Bonchev–Trinajstić information content (AvgIpc) is 2.62. The molecule has 2 heterocycles. The van der Waals surface area contributed by atoms with Gasteiger partial charge in [0.15, 0.2) is 6.33 Å². The largest absolute Gasteiger partial charge is 0.263 e. The highest BCUT2D eigenvalue weighted by Crippen LogP contribution is 2.16. The predicted molar refractivity (Wildman–Crippen MR) is 47.2 cm³/mol. The summed E-state index contributed by atoms with van der Waals surface area (Å²) in [5.74, 6) is 0. The number of hydrogen-bond donors (Lipinski definition) is 0. The van der Waals surface area contributed by atoms with Crippen molar-refractivity contribution in [3.8, 4) is 0 Å². The van der Waals surface area contributed by atoms with Gasteiger partial charge in [0, 0.05) is 11.5 Å². The lowest BCUT2D eigenvalue weighted by atomic mass is 10.3. The second-order valence-corrected chi connectivity index (χ2v) is 3.23. The summed E-state index contributed by atoms with van der Waals surface area (Å²) in [7, 11) is 0. The van der Waals surface area contributed by atoms with E-state index < -0.39 is 0 Å². The van der Waals surface area contributed by atoms with Gasteiger partial charge in [-0.1, -0.05) is 12.1 Å². The zero-order valence-electron chi connectivity index (χ0n) is 6.06. The third-order valence-electron chi connectivity index (χ3n) is 1.80. The standard InChI is InChI=1S/C8H4N3S/c1-2-4-7-6(3-1)10-8-11(7)5-9-12-8/h1-4H. The molecule has 0 saturated carbocycles. The molecule has 3 nitrogen and oxygen atoms in total. The monoisotopic (exact) mass is 174 g/mol. The maximum Gasteiger partial charge on any atom is 0.214 e. The molecule has 0 amide bonds. The van der Waals surface area contributed by atoms with Gasteiger partial charge in [0.1, 0.15) is 0 Å². The van der Waals surface area contributed by atoms with Crippen LogP contribution in [-0.4, -0.2) is 13.8 Å². The van der Waals surface area contributed by atoms with Crippen molar-refractivity contribution in [1.82, 2.24) is 13.8 Å². The van der Waals surface area contributed by atoms with Crippen molar-refractivity contribution in [2.75, 3.05) is 0 Å². The first-order chi connectivity index (χ1) is 5.95. The van der Waals surface area contributed by atoms with E-state index in [9.17, 15) is 0 Å². The van der Waals surface area contributed by atoms with Gasteiger partial charge in [-0.2, -0.15) is 4.37 Å². The molecule has 3 rings (SSSR count). The highest BCUT2D eigenvalue weighted by molar-refractivity contribution is 7.11. The Labute approximate surface area is 72.5 Å². The Hall–Kier alpha value is -1.42. The second kappa shape index (κ2) is 2.04. The van der Waals surface area contributed by atoms with Gasteiger partial charge in [0.2, 0.25) is 4.96 Å². The summed E-state index contributed by atoms with van der Waals surface area (Å²) in [5.41, 5.74) is 2.07. The van der Waals surface area contributed by atoms with Crippen molar-refractivity contribution in [1.29, 1.82) is 0 Å². The van der Waals surface area contributed by atoms with Crippen molar-refractivity contribution in [2.45, 2.75) is 0 Å². The minimum atomic E-state index is 0.899. The van der Waals surface area contributed by atoms with Crippen LogP contribution in [0.5, 0.6) is 0 Å². The molecule has 0 aliphatic carbocycles. The van der Waals surface area contributed by atoms with Crippen LogP contribution in [0.2, 0.25) is 0 Å². The lowest BCUT2D eigenvalue weighted by molar-refractivity contribution is 1.20. The molecule has 2 aromatic heterocycles. The Kier molecular flexibility index (Phi) is 1.04. The van der Waals surface area contributed by atoms with E-state index in [2.05, 4.69) is 15.7 Å². The molecule has 0 aliphatic rings. The molecule has 0 atom stereocenters. The fourth-order valence-corrected chi connectivity index (χ4v) is 1.83. The number of para-hydroxylation sites is 2. The van der Waals surface area contributed by atoms with Crippen molar-refractivity contribution in [3.05, 3.63) is 30.6 Å².